The van der Waals surface area contributed by atoms with E-state index >= 15 is 0 Å². The molecule has 0 N–H and O–H groups in total. The Balaban J connectivity index is 2.46. The molecule has 0 spiro atoms. The minimum atomic E-state index is -0.141. The molecular formula is C12H13ClN2O2S. The first-order valence-electron chi connectivity index (χ1n) is 5.56. The number of hydrogen-bond donors (Lipinski definition) is 0. The second kappa shape index (κ2) is 5.54. The van der Waals surface area contributed by atoms with Crippen LogP contribution < -0.4 is 4.74 Å². The maximum Gasteiger partial charge on any atom is 0.226 e. The highest BCUT2D eigenvalue weighted by molar-refractivity contribution is 7.13. The van der Waals surface area contributed by atoms with E-state index in [2.05, 4.69) is 5.10 Å². The van der Waals surface area contributed by atoms with Gasteiger partial charge in [0.05, 0.1) is 23.2 Å². The lowest BCUT2D eigenvalue weighted by Gasteiger charge is -2.06. The topological polar surface area (TPSA) is 44.1 Å². The Hall–Kier alpha value is -1.33. The fourth-order valence-electron chi connectivity index (χ4n) is 1.69. The third-order valence-corrected chi connectivity index (χ3v) is 3.84. The van der Waals surface area contributed by atoms with E-state index in [9.17, 15) is 4.79 Å². The number of rotatable bonds is 5. The number of thiophene rings is 1. The first-order valence-corrected chi connectivity index (χ1v) is 6.82. The molecule has 96 valence electrons. The van der Waals surface area contributed by atoms with Gasteiger partial charge in [-0.3, -0.25) is 9.48 Å². The second-order valence-corrected chi connectivity index (χ2v) is 5.03. The highest BCUT2D eigenvalue weighted by Crippen LogP contribution is 2.28. The molecule has 0 aromatic carbocycles. The first kappa shape index (κ1) is 13.1. The van der Waals surface area contributed by atoms with Gasteiger partial charge < -0.3 is 4.74 Å². The van der Waals surface area contributed by atoms with Crippen molar-refractivity contribution >= 4 is 28.7 Å². The van der Waals surface area contributed by atoms with Gasteiger partial charge in [0, 0.05) is 6.54 Å². The molecule has 0 radical (unpaired) electrons. The molecule has 0 bridgehead atoms. The van der Waals surface area contributed by atoms with E-state index < -0.39 is 0 Å². The zero-order valence-corrected chi connectivity index (χ0v) is 11.7. The largest absolute Gasteiger partial charge is 0.493 e. The van der Waals surface area contributed by atoms with E-state index in [4.69, 9.17) is 16.3 Å². The zero-order valence-electron chi connectivity index (χ0n) is 10.1. The van der Waals surface area contributed by atoms with Crippen LogP contribution >= 0.6 is 22.9 Å². The van der Waals surface area contributed by atoms with Crippen LogP contribution in [-0.2, 0) is 6.54 Å². The third-order valence-electron chi connectivity index (χ3n) is 2.50. The first-order chi connectivity index (χ1) is 8.69. The smallest absolute Gasteiger partial charge is 0.226 e. The third kappa shape index (κ3) is 2.28. The molecule has 2 aromatic heterocycles. The van der Waals surface area contributed by atoms with Crippen molar-refractivity contribution in [3.8, 4) is 5.75 Å². The van der Waals surface area contributed by atoms with Crippen molar-refractivity contribution in [2.45, 2.75) is 19.9 Å². The van der Waals surface area contributed by atoms with Gasteiger partial charge in [0.2, 0.25) is 5.78 Å². The molecule has 2 rings (SSSR count). The number of ketones is 1. The summed E-state index contributed by atoms with van der Waals surface area (Å²) in [5.41, 5.74) is 0.462. The Morgan fingerprint density at radius 1 is 1.61 bits per heavy atom. The van der Waals surface area contributed by atoms with Gasteiger partial charge in [0.1, 0.15) is 0 Å². The normalized spacial score (nSPS) is 10.6. The monoisotopic (exact) mass is 284 g/mol. The summed E-state index contributed by atoms with van der Waals surface area (Å²) in [6, 6.07) is 1.71. The lowest BCUT2D eigenvalue weighted by Crippen LogP contribution is -2.12. The van der Waals surface area contributed by atoms with Gasteiger partial charge in [0.25, 0.3) is 0 Å². The van der Waals surface area contributed by atoms with E-state index in [1.54, 1.807) is 22.3 Å². The van der Waals surface area contributed by atoms with Crippen LogP contribution in [-0.4, -0.2) is 22.7 Å². The number of nitrogens with zero attached hydrogens (tertiary/aromatic N) is 2. The second-order valence-electron chi connectivity index (χ2n) is 3.71. The molecule has 0 unspecified atom stereocenters. The highest BCUT2D eigenvalue weighted by Gasteiger charge is 2.23. The van der Waals surface area contributed by atoms with Gasteiger partial charge in [-0.05, 0) is 17.9 Å². The lowest BCUT2D eigenvalue weighted by atomic mass is 10.2. The average Bonchev–Trinajstić information content (AvgIpc) is 2.95. The molecule has 2 heterocycles. The van der Waals surface area contributed by atoms with E-state index in [1.807, 2.05) is 6.92 Å². The lowest BCUT2D eigenvalue weighted by molar-refractivity contribution is 0.102. The fraction of sp³-hybridized carbons (Fsp3) is 0.333. The highest BCUT2D eigenvalue weighted by atomic mass is 35.5. The summed E-state index contributed by atoms with van der Waals surface area (Å²) in [5.74, 6) is 0.343. The Labute approximate surface area is 114 Å². The van der Waals surface area contributed by atoms with Crippen molar-refractivity contribution in [2.24, 2.45) is 0 Å². The van der Waals surface area contributed by atoms with Crippen molar-refractivity contribution in [1.82, 2.24) is 9.78 Å². The zero-order chi connectivity index (χ0) is 13.1. The van der Waals surface area contributed by atoms with Crippen LogP contribution in [0.2, 0.25) is 5.02 Å². The van der Waals surface area contributed by atoms with E-state index in [0.717, 1.165) is 6.42 Å². The summed E-state index contributed by atoms with van der Waals surface area (Å²) in [6.07, 6.45) is 2.45. The number of ether oxygens (including phenoxy) is 1. The molecule has 2 aromatic rings. The number of aryl methyl sites for hydroxylation is 1. The molecule has 0 saturated carbocycles. The summed E-state index contributed by atoms with van der Waals surface area (Å²) < 4.78 is 6.85. The van der Waals surface area contributed by atoms with Gasteiger partial charge in [-0.15, -0.1) is 11.3 Å². The van der Waals surface area contributed by atoms with Crippen molar-refractivity contribution in [1.29, 1.82) is 0 Å². The number of halogens is 1. The summed E-state index contributed by atoms with van der Waals surface area (Å²) in [7, 11) is 1.53. The summed E-state index contributed by atoms with van der Waals surface area (Å²) in [6.45, 7) is 2.70. The molecule has 0 saturated heterocycles. The summed E-state index contributed by atoms with van der Waals surface area (Å²) in [5, 5.41) is 6.43. The molecule has 6 heteroatoms. The molecule has 4 nitrogen and oxygen atoms in total. The van der Waals surface area contributed by atoms with Gasteiger partial charge in [0.15, 0.2) is 11.4 Å². The number of carbonyl (C=O) groups is 1. The quantitative estimate of drug-likeness (QED) is 0.792. The predicted octanol–water partition coefficient (Wildman–Crippen LogP) is 3.25. The maximum atomic E-state index is 12.4. The Morgan fingerprint density at radius 2 is 2.39 bits per heavy atom. The summed E-state index contributed by atoms with van der Waals surface area (Å²) in [4.78, 5) is 13.0. The fourth-order valence-corrected chi connectivity index (χ4v) is 2.77. The van der Waals surface area contributed by atoms with Gasteiger partial charge in [-0.2, -0.15) is 5.10 Å². The molecule has 0 aliphatic carbocycles. The molecular weight excluding hydrogens is 272 g/mol. The van der Waals surface area contributed by atoms with E-state index in [-0.39, 0.29) is 5.78 Å². The SMILES string of the molecule is CCCn1ncc(OC)c1C(=O)c1sccc1Cl. The van der Waals surface area contributed by atoms with Crippen LogP contribution in [0.25, 0.3) is 0 Å². The van der Waals surface area contributed by atoms with Crippen LogP contribution in [0, 0.1) is 0 Å². The van der Waals surface area contributed by atoms with Crippen molar-refractivity contribution in [3.05, 3.63) is 33.2 Å². The predicted molar refractivity (Wildman–Crippen MR) is 71.8 cm³/mol. The molecule has 0 aliphatic heterocycles. The molecule has 0 atom stereocenters. The average molecular weight is 285 g/mol. The number of hydrogen-bond acceptors (Lipinski definition) is 4. The molecule has 0 aliphatic rings. The van der Waals surface area contributed by atoms with Crippen LogP contribution in [0.5, 0.6) is 5.75 Å². The van der Waals surface area contributed by atoms with Crippen molar-refractivity contribution in [3.63, 3.8) is 0 Å². The molecule has 0 amide bonds. The van der Waals surface area contributed by atoms with Crippen molar-refractivity contribution in [2.75, 3.05) is 7.11 Å². The van der Waals surface area contributed by atoms with Crippen LogP contribution in [0.3, 0.4) is 0 Å². The van der Waals surface area contributed by atoms with Gasteiger partial charge >= 0.3 is 0 Å². The van der Waals surface area contributed by atoms with Crippen LogP contribution in [0.4, 0.5) is 0 Å². The van der Waals surface area contributed by atoms with E-state index in [0.29, 0.717) is 27.9 Å². The standard InChI is InChI=1S/C12H13ClN2O2S/c1-3-5-15-10(9(17-2)7-14-15)11(16)12-8(13)4-6-18-12/h4,6-7H,3,5H2,1-2H3. The maximum absolute atomic E-state index is 12.4. The van der Waals surface area contributed by atoms with Gasteiger partial charge in [-0.25, -0.2) is 0 Å². The minimum absolute atomic E-state index is 0.141. The number of carbonyl (C=O) groups excluding carboxylic acids is 1. The molecule has 0 fully saturated rings. The number of aromatic nitrogens is 2. The Kier molecular flexibility index (Phi) is 4.04. The van der Waals surface area contributed by atoms with Crippen LogP contribution in [0.15, 0.2) is 17.6 Å². The van der Waals surface area contributed by atoms with Crippen LogP contribution in [0.1, 0.15) is 28.7 Å². The van der Waals surface area contributed by atoms with Gasteiger partial charge in [-0.1, -0.05) is 18.5 Å². The Morgan fingerprint density at radius 3 is 2.94 bits per heavy atom. The van der Waals surface area contributed by atoms with E-state index in [1.165, 1.54) is 18.4 Å². The number of methoxy groups -OCH3 is 1. The minimum Gasteiger partial charge on any atom is -0.493 e. The Bertz CT molecular complexity index is 562. The van der Waals surface area contributed by atoms with Crippen molar-refractivity contribution < 1.29 is 9.53 Å². The molecule has 18 heavy (non-hydrogen) atoms. The summed E-state index contributed by atoms with van der Waals surface area (Å²) >= 11 is 7.32.